The van der Waals surface area contributed by atoms with Crippen molar-refractivity contribution in [3.8, 4) is 0 Å². The number of rotatable bonds is 10. The molecule has 2 aromatic heterocycles. The van der Waals surface area contributed by atoms with E-state index in [1.807, 2.05) is 27.7 Å². The zero-order valence-corrected chi connectivity index (χ0v) is 42.8. The van der Waals surface area contributed by atoms with E-state index >= 15 is 0 Å². The number of nitrogens with one attached hydrogen (secondary N) is 4. The van der Waals surface area contributed by atoms with Gasteiger partial charge in [0.15, 0.2) is 0 Å². The number of alkyl carbamates (subject to hydrolysis) is 2. The van der Waals surface area contributed by atoms with Gasteiger partial charge in [0.2, 0.25) is 11.8 Å². The maximum atomic E-state index is 13.9. The first-order valence-electron chi connectivity index (χ1n) is 26.2. The van der Waals surface area contributed by atoms with Crippen LogP contribution in [0, 0.1) is 23.7 Å². The molecule has 0 spiro atoms. The van der Waals surface area contributed by atoms with Gasteiger partial charge in [0.05, 0.1) is 48.4 Å². The summed E-state index contributed by atoms with van der Waals surface area (Å²) in [5, 5.41) is 5.59. The molecule has 14 nitrogen and oxygen atoms in total. The largest absolute Gasteiger partial charge is 0.453 e. The zero-order chi connectivity index (χ0) is 47.6. The summed E-state index contributed by atoms with van der Waals surface area (Å²) in [6, 6.07) is 12.3. The summed E-state index contributed by atoms with van der Waals surface area (Å²) in [5.41, 5.74) is 6.86. The Labute approximate surface area is 418 Å². The number of H-pyrrole nitrogens is 2. The Hall–Kier alpha value is -4.62. The average Bonchev–Trinajstić information content (AvgIpc) is 4.21. The van der Waals surface area contributed by atoms with Crippen LogP contribution < -0.4 is 10.6 Å². The second-order valence-electron chi connectivity index (χ2n) is 21.7. The molecule has 4 saturated carbocycles. The fourth-order valence-electron chi connectivity index (χ4n) is 13.2. The predicted octanol–water partition coefficient (Wildman–Crippen LogP) is 10.9. The van der Waals surface area contributed by atoms with Gasteiger partial charge in [0.1, 0.15) is 23.7 Å². The average molecular weight is 989 g/mol. The molecule has 4 aromatic rings. The van der Waals surface area contributed by atoms with Crippen LogP contribution in [-0.2, 0) is 36.1 Å². The van der Waals surface area contributed by atoms with Crippen molar-refractivity contribution in [1.82, 2.24) is 40.4 Å². The summed E-state index contributed by atoms with van der Waals surface area (Å²) in [4.78, 5) is 73.2. The van der Waals surface area contributed by atoms with E-state index in [2.05, 4.69) is 66.8 Å². The molecule has 0 radical (unpaired) electrons. The molecule has 4 amide bonds. The number of aromatic nitrogens is 4. The first-order valence-corrected chi connectivity index (χ1v) is 26.2. The van der Waals surface area contributed by atoms with E-state index in [9.17, 15) is 19.2 Å². The van der Waals surface area contributed by atoms with Crippen molar-refractivity contribution in [3.63, 3.8) is 0 Å². The molecule has 4 aliphatic carbocycles. The zero-order valence-electron chi connectivity index (χ0n) is 41.7. The summed E-state index contributed by atoms with van der Waals surface area (Å²) >= 11 is 0. The van der Waals surface area contributed by atoms with Gasteiger partial charge < -0.3 is 39.9 Å². The van der Waals surface area contributed by atoms with Crippen molar-refractivity contribution in [2.75, 3.05) is 14.2 Å². The van der Waals surface area contributed by atoms with Crippen molar-refractivity contribution in [2.24, 2.45) is 23.7 Å². The quantitative estimate of drug-likeness (QED) is 0.114. The summed E-state index contributed by atoms with van der Waals surface area (Å²) in [6.07, 6.45) is 20.1. The minimum Gasteiger partial charge on any atom is -0.453 e. The first kappa shape index (κ1) is 50.8. The standard InChI is InChI=1S/2C27H38N4O3.Fe/c2*1-16(2)24(30-27(33)34-3)26(32)31-22-11-7-6-10-19(22)15-23(31)25-28-20-13-12-18(14-21(20)29-25)17-8-4-5-9-17;/h2*12-14,16-17,19,22-24H,4-11,15H2,1-3H3,(H,28,29)(H,30,33);/t19-,22-,23?,24-;19-,22-,23-,24-;/m00./s1. The predicted molar refractivity (Wildman–Crippen MR) is 263 cm³/mol. The second kappa shape index (κ2) is 22.2. The number of likely N-dealkylation sites (tertiary alicyclic amines) is 2. The van der Waals surface area contributed by atoms with Crippen LogP contribution in [0.4, 0.5) is 9.59 Å². The number of nitrogens with zero attached hydrogens (tertiary/aromatic N) is 4. The van der Waals surface area contributed by atoms with Crippen LogP contribution in [0.2, 0.25) is 0 Å². The molecule has 69 heavy (non-hydrogen) atoms. The molecule has 6 aliphatic rings. The number of amides is 4. The van der Waals surface area contributed by atoms with Crippen LogP contribution in [0.5, 0.6) is 0 Å². The number of carbonyl (C=O) groups excluding carboxylic acids is 4. The Bertz CT molecular complexity index is 2260. The van der Waals surface area contributed by atoms with Gasteiger partial charge in [-0.05, 0) is 135 Å². The molecule has 2 aromatic carbocycles. The summed E-state index contributed by atoms with van der Waals surface area (Å²) in [6.45, 7) is 7.86. The molecule has 8 atom stereocenters. The topological polar surface area (TPSA) is 175 Å². The minimum absolute atomic E-state index is 0. The van der Waals surface area contributed by atoms with Crippen molar-refractivity contribution < 1.29 is 45.7 Å². The van der Waals surface area contributed by atoms with Gasteiger partial charge in [-0.3, -0.25) is 9.59 Å². The van der Waals surface area contributed by atoms with Gasteiger partial charge >= 0.3 is 12.2 Å². The Kier molecular flexibility index (Phi) is 16.3. The molecule has 15 heteroatoms. The molecular formula is C54H76FeN8O6. The molecule has 2 saturated heterocycles. The van der Waals surface area contributed by atoms with Crippen LogP contribution in [0.25, 0.3) is 22.1 Å². The molecule has 10 rings (SSSR count). The SMILES string of the molecule is COC(=O)N[C@H](C(=O)N1C(c2nc3ccc(C4CCCC4)cc3[nH]2)C[C@@H]2CCCC[C@@H]21)C(C)C.COC(=O)N[C@H](C(=O)N1[C@H](c2nc3ccc(C4CCCC4)cc3[nH]2)C[C@@H]2CCCC[C@@H]21)C(C)C.[Fe]. The van der Waals surface area contributed by atoms with Gasteiger partial charge in [-0.1, -0.05) is 91.2 Å². The molecule has 0 bridgehead atoms. The van der Waals surface area contributed by atoms with Gasteiger partial charge in [-0.25, -0.2) is 19.6 Å². The van der Waals surface area contributed by atoms with Gasteiger partial charge in [-0.2, -0.15) is 0 Å². The van der Waals surface area contributed by atoms with E-state index < -0.39 is 24.3 Å². The Balaban J connectivity index is 0.000000183. The number of fused-ring (bicyclic) bond motifs is 4. The van der Waals surface area contributed by atoms with E-state index in [0.717, 1.165) is 85.1 Å². The van der Waals surface area contributed by atoms with Crippen molar-refractivity contribution in [3.05, 3.63) is 59.2 Å². The fraction of sp³-hybridized carbons (Fsp3) is 0.667. The maximum absolute atomic E-state index is 13.9. The normalized spacial score (nSPS) is 25.7. The van der Waals surface area contributed by atoms with Gasteiger partial charge in [-0.15, -0.1) is 0 Å². The van der Waals surface area contributed by atoms with Crippen LogP contribution in [0.3, 0.4) is 0 Å². The minimum atomic E-state index is -0.617. The van der Waals surface area contributed by atoms with Gasteiger partial charge in [0, 0.05) is 29.2 Å². The van der Waals surface area contributed by atoms with E-state index in [1.165, 1.54) is 89.6 Å². The number of carbonyl (C=O) groups is 4. The Morgan fingerprint density at radius 3 is 1.29 bits per heavy atom. The van der Waals surface area contributed by atoms with Crippen LogP contribution in [0.15, 0.2) is 36.4 Å². The van der Waals surface area contributed by atoms with Crippen LogP contribution in [-0.4, -0.2) is 92.1 Å². The fourth-order valence-corrected chi connectivity index (χ4v) is 13.2. The number of imidazole rings is 2. The van der Waals surface area contributed by atoms with Crippen LogP contribution in [0.1, 0.15) is 190 Å². The third-order valence-electron chi connectivity index (χ3n) is 16.8. The van der Waals surface area contributed by atoms with Crippen molar-refractivity contribution >= 4 is 46.1 Å². The van der Waals surface area contributed by atoms with E-state index in [0.29, 0.717) is 23.7 Å². The summed E-state index contributed by atoms with van der Waals surface area (Å²) < 4.78 is 9.63. The van der Waals surface area contributed by atoms with Gasteiger partial charge in [0.25, 0.3) is 0 Å². The molecule has 376 valence electrons. The monoisotopic (exact) mass is 989 g/mol. The van der Waals surface area contributed by atoms with E-state index in [-0.39, 0.29) is 64.9 Å². The summed E-state index contributed by atoms with van der Waals surface area (Å²) in [7, 11) is 2.67. The number of ether oxygens (including phenoxy) is 2. The molecular weight excluding hydrogens is 912 g/mol. The molecule has 1 unspecified atom stereocenters. The number of aromatic amines is 2. The smallest absolute Gasteiger partial charge is 0.407 e. The van der Waals surface area contributed by atoms with Crippen molar-refractivity contribution in [1.29, 1.82) is 0 Å². The number of hydrogen-bond acceptors (Lipinski definition) is 8. The third-order valence-corrected chi connectivity index (χ3v) is 16.8. The van der Waals surface area contributed by atoms with Crippen LogP contribution >= 0.6 is 0 Å². The Morgan fingerprint density at radius 1 is 0.565 bits per heavy atom. The number of hydrogen-bond donors (Lipinski definition) is 4. The molecule has 2 aliphatic heterocycles. The van der Waals surface area contributed by atoms with Crippen molar-refractivity contribution in [2.45, 2.75) is 191 Å². The second-order valence-corrected chi connectivity index (χ2v) is 21.7. The molecule has 4 N–H and O–H groups in total. The number of benzene rings is 2. The van der Waals surface area contributed by atoms with E-state index in [4.69, 9.17) is 19.4 Å². The molecule has 4 heterocycles. The Morgan fingerprint density at radius 2 is 0.928 bits per heavy atom. The molecule has 6 fully saturated rings. The van der Waals surface area contributed by atoms with E-state index in [1.54, 1.807) is 0 Å². The third kappa shape index (κ3) is 10.7. The first-order chi connectivity index (χ1) is 32.9. The maximum Gasteiger partial charge on any atom is 0.407 e. The number of methoxy groups -OCH3 is 2. The summed E-state index contributed by atoms with van der Waals surface area (Å²) in [5.74, 6) is 3.90.